The number of nitrogens with zero attached hydrogens (tertiary/aromatic N) is 2. The van der Waals surface area contributed by atoms with Crippen molar-refractivity contribution in [1.29, 1.82) is 0 Å². The van der Waals surface area contributed by atoms with Crippen molar-refractivity contribution in [2.24, 2.45) is 0 Å². The number of anilines is 1. The van der Waals surface area contributed by atoms with Crippen LogP contribution in [0.1, 0.15) is 31.9 Å². The van der Waals surface area contributed by atoms with Crippen molar-refractivity contribution in [3.8, 4) is 0 Å². The topological polar surface area (TPSA) is 42.2 Å². The molecular formula is C12H18ClN3S. The molecule has 0 aromatic carbocycles. The third-order valence-corrected chi connectivity index (χ3v) is 4.05. The number of halogens is 1. The van der Waals surface area contributed by atoms with E-state index in [0.29, 0.717) is 9.47 Å². The molecule has 0 saturated carbocycles. The fraction of sp³-hybridized carbons (Fsp3) is 0.583. The first-order chi connectivity index (χ1) is 8.20. The van der Waals surface area contributed by atoms with E-state index in [1.807, 2.05) is 0 Å². The summed E-state index contributed by atoms with van der Waals surface area (Å²) >= 11 is 7.50. The van der Waals surface area contributed by atoms with Gasteiger partial charge in [-0.1, -0.05) is 42.4 Å². The minimum absolute atomic E-state index is 0.552. The van der Waals surface area contributed by atoms with E-state index in [9.17, 15) is 0 Å². The Kier molecular flexibility index (Phi) is 4.42. The summed E-state index contributed by atoms with van der Waals surface area (Å²) in [6.07, 6.45) is 5.80. The molecule has 0 spiro atoms. The third kappa shape index (κ3) is 3.21. The number of thiazole rings is 1. The van der Waals surface area contributed by atoms with Crippen LogP contribution in [0, 0.1) is 0 Å². The van der Waals surface area contributed by atoms with Crippen molar-refractivity contribution in [2.45, 2.75) is 26.2 Å². The summed E-state index contributed by atoms with van der Waals surface area (Å²) < 4.78 is 0.714. The Morgan fingerprint density at radius 3 is 3.06 bits per heavy atom. The Morgan fingerprint density at radius 1 is 1.59 bits per heavy atom. The van der Waals surface area contributed by atoms with E-state index < -0.39 is 0 Å². The van der Waals surface area contributed by atoms with E-state index in [1.165, 1.54) is 29.8 Å². The van der Waals surface area contributed by atoms with Gasteiger partial charge in [0.1, 0.15) is 4.34 Å². The van der Waals surface area contributed by atoms with E-state index in [-0.39, 0.29) is 0 Å². The standard InChI is InChI=1S/C12H18ClN3S/c1-2-3-6-16-7-4-5-9(8-16)10-11(13)17-12(14)15-10/h5H,2-4,6-8H2,1H3,(H2,14,15). The first-order valence-corrected chi connectivity index (χ1v) is 7.23. The normalized spacial score (nSPS) is 17.2. The van der Waals surface area contributed by atoms with Crippen LogP contribution in [0.3, 0.4) is 0 Å². The second-order valence-corrected chi connectivity index (χ2v) is 5.95. The number of rotatable bonds is 4. The molecule has 2 rings (SSSR count). The molecule has 1 aromatic heterocycles. The average molecular weight is 272 g/mol. The Labute approximate surface area is 111 Å². The molecule has 0 radical (unpaired) electrons. The summed E-state index contributed by atoms with van der Waals surface area (Å²) in [4.78, 5) is 6.78. The van der Waals surface area contributed by atoms with Crippen LogP contribution in [0.5, 0.6) is 0 Å². The predicted molar refractivity (Wildman–Crippen MR) is 75.5 cm³/mol. The zero-order chi connectivity index (χ0) is 12.3. The smallest absolute Gasteiger partial charge is 0.182 e. The lowest BCUT2D eigenvalue weighted by molar-refractivity contribution is 0.299. The summed E-state index contributed by atoms with van der Waals surface area (Å²) in [5, 5.41) is 0.552. The van der Waals surface area contributed by atoms with Gasteiger partial charge in [0.2, 0.25) is 0 Å². The lowest BCUT2D eigenvalue weighted by Crippen LogP contribution is -2.30. The quantitative estimate of drug-likeness (QED) is 0.914. The highest BCUT2D eigenvalue weighted by molar-refractivity contribution is 7.19. The summed E-state index contributed by atoms with van der Waals surface area (Å²) in [5.41, 5.74) is 7.79. The van der Waals surface area contributed by atoms with Crippen LogP contribution in [-0.2, 0) is 0 Å². The Morgan fingerprint density at radius 2 is 2.41 bits per heavy atom. The SMILES string of the molecule is CCCCN1CCC=C(c2nc(N)sc2Cl)C1. The number of hydrogen-bond acceptors (Lipinski definition) is 4. The van der Waals surface area contributed by atoms with E-state index in [1.54, 1.807) is 0 Å². The highest BCUT2D eigenvalue weighted by Gasteiger charge is 2.18. The minimum atomic E-state index is 0.552. The molecule has 0 bridgehead atoms. The van der Waals surface area contributed by atoms with Gasteiger partial charge in [0.15, 0.2) is 5.13 Å². The molecular weight excluding hydrogens is 254 g/mol. The number of aromatic nitrogens is 1. The van der Waals surface area contributed by atoms with Crippen LogP contribution >= 0.6 is 22.9 Å². The highest BCUT2D eigenvalue weighted by Crippen LogP contribution is 2.32. The molecule has 1 aliphatic heterocycles. The molecule has 0 fully saturated rings. The highest BCUT2D eigenvalue weighted by atomic mass is 35.5. The maximum absolute atomic E-state index is 6.15. The van der Waals surface area contributed by atoms with Gasteiger partial charge in [0, 0.05) is 13.1 Å². The molecule has 1 aliphatic rings. The first-order valence-electron chi connectivity index (χ1n) is 6.04. The molecule has 94 valence electrons. The third-order valence-electron chi connectivity index (χ3n) is 2.96. The van der Waals surface area contributed by atoms with Gasteiger partial charge < -0.3 is 5.73 Å². The monoisotopic (exact) mass is 271 g/mol. The van der Waals surface area contributed by atoms with Gasteiger partial charge in [-0.05, 0) is 25.0 Å². The number of hydrogen-bond donors (Lipinski definition) is 1. The van der Waals surface area contributed by atoms with Crippen molar-refractivity contribution < 1.29 is 0 Å². The first kappa shape index (κ1) is 12.9. The Balaban J connectivity index is 2.06. The molecule has 17 heavy (non-hydrogen) atoms. The number of unbranched alkanes of at least 4 members (excludes halogenated alkanes) is 1. The summed E-state index contributed by atoms with van der Waals surface area (Å²) in [5.74, 6) is 0. The molecule has 2 heterocycles. The van der Waals surface area contributed by atoms with E-state index >= 15 is 0 Å². The van der Waals surface area contributed by atoms with E-state index in [2.05, 4.69) is 22.9 Å². The fourth-order valence-corrected chi connectivity index (χ4v) is 3.06. The molecule has 3 nitrogen and oxygen atoms in total. The van der Waals surface area contributed by atoms with Crippen LogP contribution in [-0.4, -0.2) is 29.5 Å². The zero-order valence-corrected chi connectivity index (χ0v) is 11.7. The molecule has 0 aliphatic carbocycles. The van der Waals surface area contributed by atoms with Crippen molar-refractivity contribution in [1.82, 2.24) is 9.88 Å². The van der Waals surface area contributed by atoms with Crippen molar-refractivity contribution in [3.63, 3.8) is 0 Å². The van der Waals surface area contributed by atoms with Gasteiger partial charge in [-0.2, -0.15) is 0 Å². The largest absolute Gasteiger partial charge is 0.375 e. The van der Waals surface area contributed by atoms with Gasteiger partial charge >= 0.3 is 0 Å². The molecule has 0 amide bonds. The minimum Gasteiger partial charge on any atom is -0.375 e. The maximum Gasteiger partial charge on any atom is 0.182 e. The molecule has 0 atom stereocenters. The van der Waals surface area contributed by atoms with Gasteiger partial charge in [0.25, 0.3) is 0 Å². The molecule has 0 unspecified atom stereocenters. The summed E-state index contributed by atoms with van der Waals surface area (Å²) in [6, 6.07) is 0. The number of nitrogens with two attached hydrogens (primary N) is 1. The van der Waals surface area contributed by atoms with Gasteiger partial charge in [-0.25, -0.2) is 4.98 Å². The van der Waals surface area contributed by atoms with Crippen LogP contribution in [0.15, 0.2) is 6.08 Å². The van der Waals surface area contributed by atoms with Gasteiger partial charge in [0.05, 0.1) is 5.69 Å². The molecule has 2 N–H and O–H groups in total. The Bertz CT molecular complexity index is 414. The Hall–Kier alpha value is -0.580. The van der Waals surface area contributed by atoms with Crippen LogP contribution in [0.4, 0.5) is 5.13 Å². The van der Waals surface area contributed by atoms with Crippen molar-refractivity contribution >= 4 is 33.6 Å². The summed E-state index contributed by atoms with van der Waals surface area (Å²) in [7, 11) is 0. The van der Waals surface area contributed by atoms with Crippen molar-refractivity contribution in [2.75, 3.05) is 25.4 Å². The fourth-order valence-electron chi connectivity index (χ4n) is 2.07. The summed E-state index contributed by atoms with van der Waals surface area (Å²) in [6.45, 7) is 5.47. The van der Waals surface area contributed by atoms with Crippen LogP contribution in [0.25, 0.3) is 5.57 Å². The predicted octanol–water partition coefficient (Wildman–Crippen LogP) is 3.27. The van der Waals surface area contributed by atoms with Gasteiger partial charge in [-0.3, -0.25) is 4.90 Å². The maximum atomic E-state index is 6.15. The molecule has 1 aromatic rings. The second-order valence-electron chi connectivity index (χ2n) is 4.32. The van der Waals surface area contributed by atoms with Crippen molar-refractivity contribution in [3.05, 3.63) is 16.1 Å². The second kappa shape index (κ2) is 5.85. The lowest BCUT2D eigenvalue weighted by atomic mass is 10.1. The molecule has 0 saturated heterocycles. The average Bonchev–Trinajstić information content (AvgIpc) is 2.66. The van der Waals surface area contributed by atoms with E-state index in [0.717, 1.165) is 31.7 Å². The number of nitrogen functional groups attached to an aromatic ring is 1. The lowest BCUT2D eigenvalue weighted by Gasteiger charge is -2.26. The van der Waals surface area contributed by atoms with Crippen LogP contribution < -0.4 is 5.73 Å². The van der Waals surface area contributed by atoms with Gasteiger partial charge in [-0.15, -0.1) is 0 Å². The zero-order valence-electron chi connectivity index (χ0n) is 10.1. The van der Waals surface area contributed by atoms with Crippen LogP contribution in [0.2, 0.25) is 4.34 Å². The molecule has 5 heteroatoms. The van der Waals surface area contributed by atoms with E-state index in [4.69, 9.17) is 17.3 Å².